The number of benzene rings is 1. The number of allylic oxidation sites excluding steroid dienone is 1. The number of hydrogen-bond acceptors (Lipinski definition) is 4. The molecular formula is C15H11Cl2NO3. The van der Waals surface area contributed by atoms with Crippen LogP contribution in [0.25, 0.3) is 0 Å². The van der Waals surface area contributed by atoms with Crippen molar-refractivity contribution in [2.24, 2.45) is 11.1 Å². The molecule has 1 aromatic rings. The smallest absolute Gasteiger partial charge is 0.212 e. The quantitative estimate of drug-likeness (QED) is 0.797. The number of halogens is 2. The van der Waals surface area contributed by atoms with Crippen molar-refractivity contribution in [1.82, 2.24) is 0 Å². The van der Waals surface area contributed by atoms with Crippen LogP contribution in [0.4, 0.5) is 0 Å². The molecule has 3 rings (SSSR count). The predicted octanol–water partition coefficient (Wildman–Crippen LogP) is 3.20. The van der Waals surface area contributed by atoms with Gasteiger partial charge in [0.05, 0.1) is 10.0 Å². The average Bonchev–Trinajstić information content (AvgIpc) is 2.76. The SMILES string of the molecule is CC1=CC(=O)C2C(c3c(Cl)cccc3Cl)=NOC2(C)C1=O. The standard InChI is InChI=1S/C15H11Cl2NO3/c1-7-6-10(19)12-13(18-21-15(12,2)14(7)20)11-8(16)4-3-5-9(11)17/h3-6,12H,1-2H3. The summed E-state index contributed by atoms with van der Waals surface area (Å²) in [7, 11) is 0. The van der Waals surface area contributed by atoms with Crippen LogP contribution >= 0.6 is 23.2 Å². The van der Waals surface area contributed by atoms with E-state index in [0.29, 0.717) is 26.9 Å². The van der Waals surface area contributed by atoms with Crippen molar-refractivity contribution in [3.05, 3.63) is 45.5 Å². The normalized spacial score (nSPS) is 27.9. The van der Waals surface area contributed by atoms with Crippen LogP contribution in [0, 0.1) is 5.92 Å². The maximum Gasteiger partial charge on any atom is 0.212 e. The van der Waals surface area contributed by atoms with Gasteiger partial charge in [0.1, 0.15) is 11.6 Å². The first-order chi connectivity index (χ1) is 9.86. The van der Waals surface area contributed by atoms with Gasteiger partial charge in [0.15, 0.2) is 5.78 Å². The summed E-state index contributed by atoms with van der Waals surface area (Å²) in [6.07, 6.45) is 1.32. The zero-order valence-electron chi connectivity index (χ0n) is 11.3. The van der Waals surface area contributed by atoms with Crippen LogP contribution in [-0.4, -0.2) is 22.9 Å². The average molecular weight is 324 g/mol. The maximum atomic E-state index is 12.4. The lowest BCUT2D eigenvalue weighted by Gasteiger charge is -2.30. The van der Waals surface area contributed by atoms with Crippen molar-refractivity contribution in [1.29, 1.82) is 0 Å². The monoisotopic (exact) mass is 323 g/mol. The lowest BCUT2D eigenvalue weighted by atomic mass is 9.72. The van der Waals surface area contributed by atoms with Gasteiger partial charge in [-0.1, -0.05) is 34.4 Å². The van der Waals surface area contributed by atoms with Crippen molar-refractivity contribution in [3.8, 4) is 0 Å². The van der Waals surface area contributed by atoms with Gasteiger partial charge < -0.3 is 4.84 Å². The van der Waals surface area contributed by atoms with E-state index in [1.165, 1.54) is 6.08 Å². The van der Waals surface area contributed by atoms with Gasteiger partial charge in [-0.05, 0) is 37.6 Å². The molecule has 0 saturated carbocycles. The molecule has 0 saturated heterocycles. The molecule has 0 amide bonds. The highest BCUT2D eigenvalue weighted by Crippen LogP contribution is 2.41. The number of carbonyl (C=O) groups is 2. The van der Waals surface area contributed by atoms with Gasteiger partial charge in [0, 0.05) is 5.56 Å². The Bertz CT molecular complexity index is 718. The number of hydrogen-bond donors (Lipinski definition) is 0. The first kappa shape index (κ1) is 14.3. The molecule has 2 unspecified atom stereocenters. The maximum absolute atomic E-state index is 12.4. The largest absolute Gasteiger partial charge is 0.380 e. The summed E-state index contributed by atoms with van der Waals surface area (Å²) >= 11 is 12.3. The van der Waals surface area contributed by atoms with Crippen molar-refractivity contribution in [2.45, 2.75) is 19.4 Å². The van der Waals surface area contributed by atoms with Gasteiger partial charge in [-0.3, -0.25) is 9.59 Å². The molecule has 0 fully saturated rings. The summed E-state index contributed by atoms with van der Waals surface area (Å²) in [4.78, 5) is 30.0. The molecule has 1 aliphatic heterocycles. The van der Waals surface area contributed by atoms with E-state index in [1.54, 1.807) is 32.0 Å². The summed E-state index contributed by atoms with van der Waals surface area (Å²) in [5.41, 5.74) is -0.229. The molecule has 4 nitrogen and oxygen atoms in total. The highest BCUT2D eigenvalue weighted by molar-refractivity contribution is 6.42. The van der Waals surface area contributed by atoms with Crippen LogP contribution in [0.3, 0.4) is 0 Å². The van der Waals surface area contributed by atoms with E-state index in [4.69, 9.17) is 28.0 Å². The number of carbonyl (C=O) groups excluding carboxylic acids is 2. The van der Waals surface area contributed by atoms with Crippen LogP contribution in [0.5, 0.6) is 0 Å². The summed E-state index contributed by atoms with van der Waals surface area (Å²) in [6.45, 7) is 3.15. The number of Topliss-reactive ketones (excluding diaryl/α,β-unsaturated/α-hetero) is 1. The van der Waals surface area contributed by atoms with E-state index in [9.17, 15) is 9.59 Å². The zero-order valence-corrected chi connectivity index (χ0v) is 12.8. The fourth-order valence-corrected chi connectivity index (χ4v) is 3.37. The molecular weight excluding hydrogens is 313 g/mol. The van der Waals surface area contributed by atoms with Gasteiger partial charge >= 0.3 is 0 Å². The van der Waals surface area contributed by atoms with E-state index in [0.717, 1.165) is 0 Å². The third-order valence-corrected chi connectivity index (χ3v) is 4.46. The molecule has 0 bridgehead atoms. The van der Waals surface area contributed by atoms with E-state index < -0.39 is 11.5 Å². The molecule has 0 spiro atoms. The summed E-state index contributed by atoms with van der Waals surface area (Å²) in [5.74, 6) is -1.32. The molecule has 0 N–H and O–H groups in total. The van der Waals surface area contributed by atoms with Gasteiger partial charge in [0.25, 0.3) is 0 Å². The van der Waals surface area contributed by atoms with Crippen LogP contribution in [0.2, 0.25) is 10.0 Å². The summed E-state index contributed by atoms with van der Waals surface area (Å²) < 4.78 is 0. The Morgan fingerprint density at radius 1 is 1.24 bits per heavy atom. The molecule has 21 heavy (non-hydrogen) atoms. The zero-order chi connectivity index (χ0) is 15.4. The Morgan fingerprint density at radius 3 is 2.48 bits per heavy atom. The minimum absolute atomic E-state index is 0.234. The Labute approximate surface area is 131 Å². The topological polar surface area (TPSA) is 55.7 Å². The third kappa shape index (κ3) is 1.93. The Hall–Kier alpha value is -1.65. The summed E-state index contributed by atoms with van der Waals surface area (Å²) in [6, 6.07) is 5.00. The molecule has 0 radical (unpaired) electrons. The van der Waals surface area contributed by atoms with Crippen LogP contribution in [0.1, 0.15) is 19.4 Å². The second kappa shape index (κ2) is 4.68. The first-order valence-corrected chi connectivity index (χ1v) is 7.09. The number of rotatable bonds is 1. The third-order valence-electron chi connectivity index (χ3n) is 3.83. The van der Waals surface area contributed by atoms with Gasteiger partial charge in [0.2, 0.25) is 11.4 Å². The lowest BCUT2D eigenvalue weighted by Crippen LogP contribution is -2.50. The van der Waals surface area contributed by atoms with Crippen molar-refractivity contribution in [2.75, 3.05) is 0 Å². The van der Waals surface area contributed by atoms with E-state index in [2.05, 4.69) is 5.16 Å². The summed E-state index contributed by atoms with van der Waals surface area (Å²) in [5, 5.41) is 4.68. The molecule has 6 heteroatoms. The Balaban J connectivity index is 2.17. The van der Waals surface area contributed by atoms with Gasteiger partial charge in [-0.15, -0.1) is 0 Å². The fourth-order valence-electron chi connectivity index (χ4n) is 2.78. The van der Waals surface area contributed by atoms with Crippen molar-refractivity contribution >= 4 is 40.5 Å². The van der Waals surface area contributed by atoms with E-state index in [1.807, 2.05) is 0 Å². The number of fused-ring (bicyclic) bond motifs is 1. The van der Waals surface area contributed by atoms with E-state index in [-0.39, 0.29) is 11.6 Å². The van der Waals surface area contributed by atoms with Crippen molar-refractivity contribution in [3.63, 3.8) is 0 Å². The second-order valence-electron chi connectivity index (χ2n) is 5.26. The number of ketones is 2. The Kier molecular flexibility index (Phi) is 3.19. The molecule has 1 aromatic carbocycles. The van der Waals surface area contributed by atoms with Gasteiger partial charge in [-0.2, -0.15) is 0 Å². The molecule has 2 atom stereocenters. The number of nitrogens with zero attached hydrogens (tertiary/aromatic N) is 1. The Morgan fingerprint density at radius 2 is 1.86 bits per heavy atom. The van der Waals surface area contributed by atoms with Crippen LogP contribution < -0.4 is 0 Å². The van der Waals surface area contributed by atoms with Crippen LogP contribution in [0.15, 0.2) is 35.0 Å². The number of oxime groups is 1. The molecule has 2 aliphatic rings. The minimum atomic E-state index is -1.33. The highest BCUT2D eigenvalue weighted by atomic mass is 35.5. The second-order valence-corrected chi connectivity index (χ2v) is 6.08. The lowest BCUT2D eigenvalue weighted by molar-refractivity contribution is -0.145. The highest BCUT2D eigenvalue weighted by Gasteiger charge is 2.57. The molecule has 108 valence electrons. The van der Waals surface area contributed by atoms with E-state index >= 15 is 0 Å². The molecule has 0 aromatic heterocycles. The molecule has 1 aliphatic carbocycles. The van der Waals surface area contributed by atoms with Crippen LogP contribution in [-0.2, 0) is 14.4 Å². The predicted molar refractivity (Wildman–Crippen MR) is 79.8 cm³/mol. The molecule has 1 heterocycles. The van der Waals surface area contributed by atoms with Gasteiger partial charge in [-0.25, -0.2) is 0 Å². The van der Waals surface area contributed by atoms with Crippen molar-refractivity contribution < 1.29 is 14.4 Å². The minimum Gasteiger partial charge on any atom is -0.380 e. The first-order valence-electron chi connectivity index (χ1n) is 6.33. The fraction of sp³-hybridized carbons (Fsp3) is 0.267.